The number of hydrogen-bond donors (Lipinski definition) is 3. The molecule has 2 fully saturated rings. The lowest BCUT2D eigenvalue weighted by atomic mass is 9.93. The summed E-state index contributed by atoms with van der Waals surface area (Å²) < 4.78 is 8.10. The number of pyridine rings is 1. The second-order valence-electron chi connectivity index (χ2n) is 13.6. The maximum absolute atomic E-state index is 13.3. The van der Waals surface area contributed by atoms with Crippen LogP contribution in [-0.2, 0) is 24.8 Å². The number of hydrogen-bond acceptors (Lipinski definition) is 8. The molecule has 1 aliphatic carbocycles. The molecule has 2 atom stereocenters. The normalized spacial score (nSPS) is 20.2. The molecule has 0 spiro atoms. The monoisotopic (exact) mass is 649 g/mol. The number of rotatable bonds is 10. The van der Waals surface area contributed by atoms with Gasteiger partial charge in [-0.3, -0.25) is 9.48 Å². The number of carbonyl (C=O) groups is 1. The molecule has 0 bridgehead atoms. The minimum atomic E-state index is -0.229. The van der Waals surface area contributed by atoms with Gasteiger partial charge in [-0.2, -0.15) is 5.10 Å². The minimum absolute atomic E-state index is 0.0603. The molecular weight excluding hydrogens is 602 g/mol. The van der Waals surface area contributed by atoms with Crippen molar-refractivity contribution in [2.24, 2.45) is 7.05 Å². The number of ether oxygens (including phenoxy) is 1. The van der Waals surface area contributed by atoms with E-state index >= 15 is 0 Å². The molecular formula is C38H47N7O3. The molecule has 10 nitrogen and oxygen atoms in total. The number of aromatic nitrogens is 3. The average Bonchev–Trinajstić information content (AvgIpc) is 3.76. The number of piperidine rings is 1. The summed E-state index contributed by atoms with van der Waals surface area (Å²) in [6, 6.07) is 17.9. The van der Waals surface area contributed by atoms with E-state index in [1.54, 1.807) is 23.1 Å². The van der Waals surface area contributed by atoms with Gasteiger partial charge in [-0.05, 0) is 85.4 Å². The van der Waals surface area contributed by atoms with Crippen molar-refractivity contribution in [2.45, 2.75) is 69.7 Å². The number of amides is 1. The number of nitrogens with two attached hydrogens (primary N) is 1. The summed E-state index contributed by atoms with van der Waals surface area (Å²) in [6.07, 6.45) is 12.6. The molecule has 2 aromatic heterocycles. The zero-order chi connectivity index (χ0) is 33.0. The Labute approximate surface area is 282 Å². The molecule has 2 aliphatic heterocycles. The molecule has 1 amide bonds. The van der Waals surface area contributed by atoms with E-state index in [9.17, 15) is 9.90 Å². The first-order valence-corrected chi connectivity index (χ1v) is 17.4. The number of nitrogens with one attached hydrogen (secondary N) is 1. The number of nitrogen functional groups attached to an aromatic ring is 1. The summed E-state index contributed by atoms with van der Waals surface area (Å²) in [6.45, 7) is 4.78. The van der Waals surface area contributed by atoms with Crippen LogP contribution in [-0.4, -0.2) is 81.7 Å². The Bertz CT molecular complexity index is 1710. The number of aliphatic hydroxyl groups is 1. The van der Waals surface area contributed by atoms with Crippen LogP contribution < -0.4 is 16.0 Å². The summed E-state index contributed by atoms with van der Waals surface area (Å²) in [4.78, 5) is 22.6. The lowest BCUT2D eigenvalue weighted by molar-refractivity contribution is 0.0272. The topological polar surface area (TPSA) is 122 Å². The van der Waals surface area contributed by atoms with Gasteiger partial charge in [-0.25, -0.2) is 4.98 Å². The second-order valence-corrected chi connectivity index (χ2v) is 13.6. The van der Waals surface area contributed by atoms with E-state index in [1.807, 2.05) is 13.2 Å². The van der Waals surface area contributed by atoms with Crippen LogP contribution in [0.2, 0.25) is 0 Å². The number of β-amino-alcohol motifs (C(OH)–C–C–N with tert-alkyl or cyclic N) is 1. The highest BCUT2D eigenvalue weighted by Gasteiger charge is 2.31. The highest BCUT2D eigenvalue weighted by Crippen LogP contribution is 2.35. The highest BCUT2D eigenvalue weighted by molar-refractivity contribution is 5.99. The van der Waals surface area contributed by atoms with Crippen molar-refractivity contribution in [2.75, 3.05) is 43.4 Å². The zero-order valence-electron chi connectivity index (χ0n) is 27.9. The van der Waals surface area contributed by atoms with Gasteiger partial charge in [-0.15, -0.1) is 0 Å². The third-order valence-electron chi connectivity index (χ3n) is 10.4. The average molecular weight is 650 g/mol. The van der Waals surface area contributed by atoms with Crippen LogP contribution in [0.25, 0.3) is 22.3 Å². The van der Waals surface area contributed by atoms with E-state index in [2.05, 4.69) is 67.7 Å². The van der Waals surface area contributed by atoms with E-state index in [0.717, 1.165) is 81.4 Å². The van der Waals surface area contributed by atoms with Crippen molar-refractivity contribution in [1.29, 1.82) is 0 Å². The van der Waals surface area contributed by atoms with Gasteiger partial charge >= 0.3 is 0 Å². The number of likely N-dealkylation sites (tertiary alicyclic amines) is 1. The molecule has 4 heterocycles. The van der Waals surface area contributed by atoms with Gasteiger partial charge in [-0.1, -0.05) is 30.3 Å². The Balaban J connectivity index is 0.950. The first-order valence-electron chi connectivity index (χ1n) is 17.4. The number of benzene rings is 2. The van der Waals surface area contributed by atoms with Gasteiger partial charge in [0.05, 0.1) is 37.1 Å². The molecule has 1 saturated heterocycles. The van der Waals surface area contributed by atoms with Crippen LogP contribution in [0.3, 0.4) is 0 Å². The van der Waals surface area contributed by atoms with Crippen molar-refractivity contribution in [3.8, 4) is 22.3 Å². The van der Waals surface area contributed by atoms with Crippen molar-refractivity contribution in [3.63, 3.8) is 0 Å². The van der Waals surface area contributed by atoms with Crippen LogP contribution in [0.1, 0.15) is 60.0 Å². The fourth-order valence-electron chi connectivity index (χ4n) is 7.70. The smallest absolute Gasteiger partial charge is 0.255 e. The van der Waals surface area contributed by atoms with Crippen LogP contribution in [0.15, 0.2) is 67.1 Å². The lowest BCUT2D eigenvalue weighted by Gasteiger charge is -2.42. The molecule has 252 valence electrons. The SMILES string of the molecule is Cn1cc(-c2cnc(N)c(C(=O)N[C@H]3CCC[C@@H]3OCc3ccc(-c4ccc5c(c4)CCCN5C4CCN(CCO)CC4)cc3)c2)cn1. The molecule has 48 heavy (non-hydrogen) atoms. The Kier molecular flexibility index (Phi) is 9.74. The number of aliphatic hydroxyl groups excluding tert-OH is 1. The van der Waals surface area contributed by atoms with Crippen LogP contribution in [0, 0.1) is 0 Å². The first kappa shape index (κ1) is 32.3. The van der Waals surface area contributed by atoms with Gasteiger partial charge in [0.25, 0.3) is 5.91 Å². The van der Waals surface area contributed by atoms with Crippen molar-refractivity contribution >= 4 is 17.4 Å². The molecule has 0 unspecified atom stereocenters. The lowest BCUT2D eigenvalue weighted by Crippen LogP contribution is -2.47. The summed E-state index contributed by atoms with van der Waals surface area (Å²) in [7, 11) is 1.85. The van der Waals surface area contributed by atoms with Crippen molar-refractivity contribution in [1.82, 2.24) is 25.0 Å². The minimum Gasteiger partial charge on any atom is -0.395 e. The number of carbonyl (C=O) groups excluding carboxylic acids is 1. The fraction of sp³-hybridized carbons (Fsp3) is 0.447. The van der Waals surface area contributed by atoms with Gasteiger partial charge in [0.2, 0.25) is 0 Å². The first-order chi connectivity index (χ1) is 23.4. The fourth-order valence-corrected chi connectivity index (χ4v) is 7.70. The summed E-state index contributed by atoms with van der Waals surface area (Å²) in [5, 5.41) is 16.7. The van der Waals surface area contributed by atoms with Crippen LogP contribution >= 0.6 is 0 Å². The maximum atomic E-state index is 13.3. The number of aryl methyl sites for hydroxylation is 2. The van der Waals surface area contributed by atoms with Crippen molar-refractivity contribution in [3.05, 3.63) is 83.8 Å². The number of anilines is 2. The Morgan fingerprint density at radius 3 is 2.54 bits per heavy atom. The Morgan fingerprint density at radius 1 is 0.958 bits per heavy atom. The molecule has 4 aromatic rings. The summed E-state index contributed by atoms with van der Waals surface area (Å²) in [5.74, 6) is -0.0188. The molecule has 1 saturated carbocycles. The molecule has 10 heteroatoms. The van der Waals surface area contributed by atoms with E-state index in [4.69, 9.17) is 10.5 Å². The van der Waals surface area contributed by atoms with E-state index < -0.39 is 0 Å². The van der Waals surface area contributed by atoms with Gasteiger partial charge in [0.1, 0.15) is 5.82 Å². The predicted molar refractivity (Wildman–Crippen MR) is 189 cm³/mol. The van der Waals surface area contributed by atoms with Crippen molar-refractivity contribution < 1.29 is 14.6 Å². The molecule has 3 aliphatic rings. The van der Waals surface area contributed by atoms with Gasteiger partial charge < -0.3 is 30.7 Å². The predicted octanol–water partition coefficient (Wildman–Crippen LogP) is 4.81. The zero-order valence-corrected chi connectivity index (χ0v) is 27.9. The largest absolute Gasteiger partial charge is 0.395 e. The third kappa shape index (κ3) is 7.11. The van der Waals surface area contributed by atoms with E-state index in [0.29, 0.717) is 18.2 Å². The summed E-state index contributed by atoms with van der Waals surface area (Å²) in [5.41, 5.74) is 14.6. The van der Waals surface area contributed by atoms with Crippen LogP contribution in [0.4, 0.5) is 11.5 Å². The summed E-state index contributed by atoms with van der Waals surface area (Å²) >= 11 is 0. The molecule has 7 rings (SSSR count). The molecule has 0 radical (unpaired) electrons. The molecule has 4 N–H and O–H groups in total. The van der Waals surface area contributed by atoms with Gasteiger partial charge in [0, 0.05) is 68.5 Å². The van der Waals surface area contributed by atoms with E-state index in [-0.39, 0.29) is 30.5 Å². The van der Waals surface area contributed by atoms with E-state index in [1.165, 1.54) is 28.8 Å². The van der Waals surface area contributed by atoms with Crippen LogP contribution in [0.5, 0.6) is 0 Å². The third-order valence-corrected chi connectivity index (χ3v) is 10.4. The standard InChI is InChI=1S/C38H47N7O3/c1-43-24-31(23-41-43)30-21-33(37(39)40-22-30)38(47)42-34-5-2-6-36(34)48-25-26-7-9-27(10-8-26)28-11-12-35-29(20-28)4-3-15-45(35)32-13-16-44(17-14-32)18-19-46/h7-12,20-24,32,34,36,46H,2-6,13-19,25H2,1H3,(H2,39,40)(H,42,47)/t34-,36-/m0/s1. The number of nitrogens with zero attached hydrogens (tertiary/aromatic N) is 5. The maximum Gasteiger partial charge on any atom is 0.255 e. The second kappa shape index (κ2) is 14.5. The quantitative estimate of drug-likeness (QED) is 0.224. The Morgan fingerprint density at radius 2 is 1.77 bits per heavy atom. The van der Waals surface area contributed by atoms with Gasteiger partial charge in [0.15, 0.2) is 0 Å². The highest BCUT2D eigenvalue weighted by atomic mass is 16.5. The Hall–Kier alpha value is -4.25. The number of fused-ring (bicyclic) bond motifs is 1. The molecule has 2 aromatic carbocycles.